The molecule has 4 rings (SSSR count). The summed E-state index contributed by atoms with van der Waals surface area (Å²) in [4.78, 5) is 37.3. The summed E-state index contributed by atoms with van der Waals surface area (Å²) in [6.07, 6.45) is 1.39. The molecule has 1 fully saturated rings. The molecule has 0 spiro atoms. The Morgan fingerprint density at radius 1 is 1.09 bits per heavy atom. The number of ether oxygens (including phenoxy) is 1. The first-order chi connectivity index (χ1) is 16.0. The Balaban J connectivity index is 1.55. The van der Waals surface area contributed by atoms with E-state index >= 15 is 0 Å². The Hall–Kier alpha value is -3.85. The fourth-order valence-corrected chi connectivity index (χ4v) is 3.66. The third-order valence-electron chi connectivity index (χ3n) is 5.07. The molecule has 3 amide bonds. The van der Waals surface area contributed by atoms with Crippen LogP contribution in [0.4, 0.5) is 10.6 Å². The third kappa shape index (κ3) is 5.50. The quantitative estimate of drug-likeness (QED) is 0.531. The van der Waals surface area contributed by atoms with Gasteiger partial charge in [0.1, 0.15) is 11.9 Å². The molecule has 1 saturated heterocycles. The van der Waals surface area contributed by atoms with E-state index in [1.54, 1.807) is 36.4 Å². The fraction of sp³-hybridized carbons (Fsp3) is 0.217. The van der Waals surface area contributed by atoms with Crippen LogP contribution in [0.25, 0.3) is 5.69 Å². The van der Waals surface area contributed by atoms with E-state index < -0.39 is 18.0 Å². The van der Waals surface area contributed by atoms with Crippen LogP contribution >= 0.6 is 11.6 Å². The highest BCUT2D eigenvalue weighted by molar-refractivity contribution is 6.34. The number of amides is 3. The minimum absolute atomic E-state index is 0.0418. The number of nitrogens with zero attached hydrogens (tertiary/aromatic N) is 2. The molecule has 1 aliphatic rings. The highest BCUT2D eigenvalue weighted by Gasteiger charge is 2.24. The summed E-state index contributed by atoms with van der Waals surface area (Å²) in [6.45, 7) is 0.585. The fourth-order valence-electron chi connectivity index (χ4n) is 3.44. The van der Waals surface area contributed by atoms with Gasteiger partial charge >= 0.3 is 6.09 Å². The molecule has 2 aromatic carbocycles. The van der Waals surface area contributed by atoms with Gasteiger partial charge in [-0.15, -0.1) is 5.10 Å². The summed E-state index contributed by atoms with van der Waals surface area (Å²) >= 11 is 6.14. The van der Waals surface area contributed by atoms with Crippen LogP contribution in [0.2, 0.25) is 5.02 Å². The van der Waals surface area contributed by atoms with Gasteiger partial charge in [0.15, 0.2) is 0 Å². The first-order valence-corrected chi connectivity index (χ1v) is 10.9. The molecule has 10 heteroatoms. The smallest absolute Gasteiger partial charge is 0.390 e. The summed E-state index contributed by atoms with van der Waals surface area (Å²) in [7, 11) is 0. The van der Waals surface area contributed by atoms with Crippen LogP contribution in [0.3, 0.4) is 0 Å². The van der Waals surface area contributed by atoms with Gasteiger partial charge < -0.3 is 20.7 Å². The van der Waals surface area contributed by atoms with Crippen LogP contribution in [-0.4, -0.2) is 40.3 Å². The minimum Gasteiger partial charge on any atom is -0.390 e. The number of carbonyl (C=O) groups excluding carboxylic acids is 3. The second-order valence-corrected chi connectivity index (χ2v) is 7.83. The van der Waals surface area contributed by atoms with Crippen LogP contribution in [0.1, 0.15) is 29.6 Å². The maximum absolute atomic E-state index is 12.8. The second kappa shape index (κ2) is 10.2. The van der Waals surface area contributed by atoms with Crippen LogP contribution in [0.5, 0.6) is 5.88 Å². The Labute approximate surface area is 195 Å². The average Bonchev–Trinajstić information content (AvgIpc) is 3.08. The van der Waals surface area contributed by atoms with Gasteiger partial charge in [0.25, 0.3) is 5.91 Å². The maximum Gasteiger partial charge on any atom is 0.414 e. The molecule has 33 heavy (non-hydrogen) atoms. The SMILES string of the molecule is O=C(N[C@@H]1CCCCNC1=O)Oc1cc(NC(=O)c2ccccc2Cl)n(-c2ccccc2)n1. The second-order valence-electron chi connectivity index (χ2n) is 7.42. The lowest BCUT2D eigenvalue weighted by molar-refractivity contribution is -0.122. The molecule has 9 nitrogen and oxygen atoms in total. The lowest BCUT2D eigenvalue weighted by Gasteiger charge is -2.14. The molecule has 0 radical (unpaired) electrons. The topological polar surface area (TPSA) is 114 Å². The third-order valence-corrected chi connectivity index (χ3v) is 5.40. The number of hydrogen-bond acceptors (Lipinski definition) is 5. The van der Waals surface area contributed by atoms with Crippen LogP contribution in [-0.2, 0) is 4.79 Å². The van der Waals surface area contributed by atoms with Crippen molar-refractivity contribution in [2.24, 2.45) is 0 Å². The predicted molar refractivity (Wildman–Crippen MR) is 123 cm³/mol. The summed E-state index contributed by atoms with van der Waals surface area (Å²) in [6, 6.07) is 16.5. The molecule has 0 unspecified atom stereocenters. The van der Waals surface area contributed by atoms with Crippen molar-refractivity contribution >= 4 is 35.3 Å². The summed E-state index contributed by atoms with van der Waals surface area (Å²) in [5, 5.41) is 12.7. The van der Waals surface area contributed by atoms with Crippen molar-refractivity contribution in [1.29, 1.82) is 0 Å². The summed E-state index contributed by atoms with van der Waals surface area (Å²) in [5.41, 5.74) is 0.935. The number of nitrogens with one attached hydrogen (secondary N) is 3. The van der Waals surface area contributed by atoms with Crippen molar-refractivity contribution < 1.29 is 19.1 Å². The summed E-state index contributed by atoms with van der Waals surface area (Å²) in [5.74, 6) is -0.447. The maximum atomic E-state index is 12.8. The lowest BCUT2D eigenvalue weighted by atomic mass is 10.1. The molecule has 0 saturated carbocycles. The number of para-hydroxylation sites is 1. The van der Waals surface area contributed by atoms with Gasteiger partial charge in [0.2, 0.25) is 11.8 Å². The highest BCUT2D eigenvalue weighted by atomic mass is 35.5. The Morgan fingerprint density at radius 3 is 2.64 bits per heavy atom. The van der Waals surface area contributed by atoms with E-state index in [2.05, 4.69) is 21.0 Å². The minimum atomic E-state index is -0.807. The first kappa shape index (κ1) is 22.3. The zero-order valence-corrected chi connectivity index (χ0v) is 18.3. The van der Waals surface area contributed by atoms with Gasteiger partial charge in [-0.2, -0.15) is 0 Å². The largest absolute Gasteiger partial charge is 0.414 e. The van der Waals surface area contributed by atoms with Gasteiger partial charge in [-0.3, -0.25) is 9.59 Å². The normalized spacial score (nSPS) is 15.8. The molecular formula is C23H22ClN5O4. The van der Waals surface area contributed by atoms with Gasteiger partial charge in [-0.25, -0.2) is 9.48 Å². The van der Waals surface area contributed by atoms with Crippen LogP contribution < -0.4 is 20.7 Å². The van der Waals surface area contributed by atoms with Gasteiger partial charge in [0, 0.05) is 12.6 Å². The van der Waals surface area contributed by atoms with Crippen molar-refractivity contribution in [3.8, 4) is 11.6 Å². The molecule has 170 valence electrons. The molecule has 3 N–H and O–H groups in total. The van der Waals surface area contributed by atoms with E-state index in [0.29, 0.717) is 29.2 Å². The van der Waals surface area contributed by atoms with Gasteiger partial charge in [0.05, 0.1) is 16.3 Å². The predicted octanol–water partition coefficient (Wildman–Crippen LogP) is 3.54. The first-order valence-electron chi connectivity index (χ1n) is 10.5. The van der Waals surface area contributed by atoms with E-state index in [0.717, 1.165) is 12.8 Å². The molecule has 1 atom stereocenters. The Morgan fingerprint density at radius 2 is 1.85 bits per heavy atom. The average molecular weight is 468 g/mol. The van der Waals surface area contributed by atoms with Crippen molar-refractivity contribution in [2.75, 3.05) is 11.9 Å². The number of benzene rings is 2. The lowest BCUT2D eigenvalue weighted by Crippen LogP contribution is -2.46. The molecule has 3 aromatic rings. The van der Waals surface area contributed by atoms with Crippen molar-refractivity contribution in [2.45, 2.75) is 25.3 Å². The molecule has 1 aromatic heterocycles. The van der Waals surface area contributed by atoms with E-state index in [4.69, 9.17) is 16.3 Å². The number of carbonyl (C=O) groups is 3. The number of halogens is 1. The molecule has 2 heterocycles. The van der Waals surface area contributed by atoms with Gasteiger partial charge in [-0.05, 0) is 43.5 Å². The zero-order valence-electron chi connectivity index (χ0n) is 17.6. The van der Waals surface area contributed by atoms with Gasteiger partial charge in [-0.1, -0.05) is 41.9 Å². The number of anilines is 1. The monoisotopic (exact) mass is 467 g/mol. The number of aromatic nitrogens is 2. The van der Waals surface area contributed by atoms with E-state index in [1.165, 1.54) is 10.7 Å². The van der Waals surface area contributed by atoms with Crippen LogP contribution in [0, 0.1) is 0 Å². The Kier molecular flexibility index (Phi) is 6.89. The van der Waals surface area contributed by atoms with Crippen LogP contribution in [0.15, 0.2) is 60.7 Å². The molecule has 0 aliphatic carbocycles. The number of hydrogen-bond donors (Lipinski definition) is 3. The standard InChI is InChI=1S/C23H22ClN5O4/c24-17-11-5-4-10-16(17)21(30)27-19-14-20(28-29(19)15-8-2-1-3-9-15)33-23(32)26-18-12-6-7-13-25-22(18)31/h1-5,8-11,14,18H,6-7,12-13H2,(H,25,31)(H,26,32)(H,27,30)/t18-/m1/s1. The van der Waals surface area contributed by atoms with Crippen molar-refractivity contribution in [3.63, 3.8) is 0 Å². The zero-order chi connectivity index (χ0) is 23.2. The van der Waals surface area contributed by atoms with E-state index in [-0.39, 0.29) is 17.6 Å². The Bertz CT molecular complexity index is 1160. The van der Waals surface area contributed by atoms with Crippen molar-refractivity contribution in [3.05, 3.63) is 71.2 Å². The molecule has 1 aliphatic heterocycles. The van der Waals surface area contributed by atoms with E-state index in [1.807, 2.05) is 18.2 Å². The molecule has 0 bridgehead atoms. The number of rotatable bonds is 5. The van der Waals surface area contributed by atoms with E-state index in [9.17, 15) is 14.4 Å². The molecular weight excluding hydrogens is 446 g/mol. The highest BCUT2D eigenvalue weighted by Crippen LogP contribution is 2.24. The van der Waals surface area contributed by atoms with Crippen molar-refractivity contribution in [1.82, 2.24) is 20.4 Å². The summed E-state index contributed by atoms with van der Waals surface area (Å²) < 4.78 is 6.76.